The molecule has 1 aliphatic carbocycles. The van der Waals surface area contributed by atoms with Gasteiger partial charge in [0.25, 0.3) is 0 Å². The number of hydrogen-bond acceptors (Lipinski definition) is 8. The Morgan fingerprint density at radius 2 is 2.31 bits per heavy atom. The van der Waals surface area contributed by atoms with E-state index in [0.29, 0.717) is 46.1 Å². The van der Waals surface area contributed by atoms with Crippen LogP contribution in [-0.2, 0) is 0 Å². The fraction of sp³-hybridized carbons (Fsp3) is 0.125. The molecule has 0 saturated carbocycles. The lowest BCUT2D eigenvalue weighted by Gasteiger charge is -1.99. The highest BCUT2D eigenvalue weighted by atomic mass is 32.2. The van der Waals surface area contributed by atoms with Crippen LogP contribution in [0.25, 0.3) is 17.2 Å². The van der Waals surface area contributed by atoms with Gasteiger partial charge in [-0.2, -0.15) is 15.3 Å². The number of hydrazine groups is 1. The van der Waals surface area contributed by atoms with Gasteiger partial charge in [-0.15, -0.1) is 5.10 Å². The van der Waals surface area contributed by atoms with Crippen LogP contribution in [0.4, 0.5) is 0 Å². The summed E-state index contributed by atoms with van der Waals surface area (Å²) in [6, 6.07) is 5.83. The molecule has 132 valence electrons. The van der Waals surface area contributed by atoms with Crippen LogP contribution in [-0.4, -0.2) is 26.8 Å². The number of nitrogens with two attached hydrogens (primary N) is 2. The fourth-order valence-electron chi connectivity index (χ4n) is 2.18. The number of aromatic nitrogens is 3. The highest BCUT2D eigenvalue weighted by Gasteiger charge is 2.13. The molecule has 0 aliphatic heterocycles. The van der Waals surface area contributed by atoms with Crippen molar-refractivity contribution in [3.8, 4) is 17.7 Å². The summed E-state index contributed by atoms with van der Waals surface area (Å²) in [5.41, 5.74) is 4.00. The van der Waals surface area contributed by atoms with E-state index in [-0.39, 0.29) is 0 Å². The van der Waals surface area contributed by atoms with Gasteiger partial charge in [0.2, 0.25) is 5.16 Å². The number of H-pyrrole nitrogens is 1. The number of rotatable bonds is 5. The predicted octanol–water partition coefficient (Wildman–Crippen LogP) is 1.69. The molecule has 0 spiro atoms. The van der Waals surface area contributed by atoms with Crippen molar-refractivity contribution < 1.29 is 4.42 Å². The van der Waals surface area contributed by atoms with Crippen molar-refractivity contribution in [3.05, 3.63) is 47.8 Å². The number of nitriles is 1. The summed E-state index contributed by atoms with van der Waals surface area (Å²) in [6.07, 6.45) is 8.06. The van der Waals surface area contributed by atoms with E-state index in [1.165, 1.54) is 11.8 Å². The lowest BCUT2D eigenvalue weighted by atomic mass is 10.1. The van der Waals surface area contributed by atoms with Crippen molar-refractivity contribution in [1.29, 1.82) is 5.26 Å². The Kier molecular flexibility index (Phi) is 5.52. The second-order valence-electron chi connectivity index (χ2n) is 5.17. The Morgan fingerprint density at radius 1 is 1.46 bits per heavy atom. The molecule has 0 atom stereocenters. The van der Waals surface area contributed by atoms with Gasteiger partial charge >= 0.3 is 0 Å². The van der Waals surface area contributed by atoms with E-state index in [2.05, 4.69) is 31.8 Å². The summed E-state index contributed by atoms with van der Waals surface area (Å²) in [5, 5.41) is 20.0. The van der Waals surface area contributed by atoms with Gasteiger partial charge in [-0.05, 0) is 18.2 Å². The molecular weight excluding hydrogens is 352 g/mol. The predicted molar refractivity (Wildman–Crippen MR) is 99.2 cm³/mol. The number of allylic oxidation sites excluding steroid dienone is 6. The maximum Gasteiger partial charge on any atom is 0.209 e. The molecule has 1 aliphatic rings. The van der Waals surface area contributed by atoms with Crippen molar-refractivity contribution in [2.45, 2.75) is 11.6 Å². The third-order valence-electron chi connectivity index (χ3n) is 3.51. The maximum atomic E-state index is 8.99. The van der Waals surface area contributed by atoms with E-state index >= 15 is 0 Å². The Balaban J connectivity index is 1.71. The van der Waals surface area contributed by atoms with Gasteiger partial charge in [0.1, 0.15) is 11.6 Å². The van der Waals surface area contributed by atoms with Gasteiger partial charge in [-0.3, -0.25) is 5.10 Å². The van der Waals surface area contributed by atoms with Crippen LogP contribution < -0.4 is 17.1 Å². The van der Waals surface area contributed by atoms with Gasteiger partial charge < -0.3 is 15.7 Å². The Hall–Kier alpha value is -3.29. The molecule has 0 amide bonds. The second kappa shape index (κ2) is 8.19. The first-order valence-electron chi connectivity index (χ1n) is 7.60. The topological polar surface area (TPSA) is 155 Å². The van der Waals surface area contributed by atoms with Crippen LogP contribution in [0.15, 0.2) is 56.7 Å². The van der Waals surface area contributed by atoms with Gasteiger partial charge in [-0.25, -0.2) is 5.84 Å². The standard InChI is InChI=1S/C16H16N8OS/c17-8-10-2-1-3-11(5-4-10)12-6-7-13(25-12)15-20-16(24-23-15)26-9-14(21-18)22-19/h1-3,5-7H,4,9,18-19H2,(H,21,22)(H,20,23,24). The van der Waals surface area contributed by atoms with E-state index in [0.717, 1.165) is 5.57 Å². The molecular formula is C16H16N8OS. The van der Waals surface area contributed by atoms with Gasteiger partial charge in [-0.1, -0.05) is 30.0 Å². The number of aromatic amines is 1. The van der Waals surface area contributed by atoms with Crippen LogP contribution in [0.2, 0.25) is 0 Å². The summed E-state index contributed by atoms with van der Waals surface area (Å²) in [4.78, 5) is 4.37. The highest BCUT2D eigenvalue weighted by molar-refractivity contribution is 7.99. The van der Waals surface area contributed by atoms with Gasteiger partial charge in [0.05, 0.1) is 11.8 Å². The zero-order valence-corrected chi connectivity index (χ0v) is 14.5. The zero-order valence-electron chi connectivity index (χ0n) is 13.6. The summed E-state index contributed by atoms with van der Waals surface area (Å²) >= 11 is 1.33. The molecule has 2 heterocycles. The summed E-state index contributed by atoms with van der Waals surface area (Å²) < 4.78 is 5.87. The van der Waals surface area contributed by atoms with Crippen LogP contribution in [0.1, 0.15) is 12.2 Å². The number of amidine groups is 1. The lowest BCUT2D eigenvalue weighted by Crippen LogP contribution is -2.33. The third-order valence-corrected chi connectivity index (χ3v) is 4.37. The zero-order chi connectivity index (χ0) is 18.4. The van der Waals surface area contributed by atoms with Crippen LogP contribution in [0.5, 0.6) is 0 Å². The Labute approximate surface area is 153 Å². The average molecular weight is 368 g/mol. The Bertz CT molecular complexity index is 944. The highest BCUT2D eigenvalue weighted by Crippen LogP contribution is 2.27. The first kappa shape index (κ1) is 17.5. The number of furan rings is 1. The van der Waals surface area contributed by atoms with Crippen molar-refractivity contribution in [1.82, 2.24) is 20.6 Å². The quantitative estimate of drug-likeness (QED) is 0.204. The van der Waals surface area contributed by atoms with Crippen molar-refractivity contribution in [2.75, 3.05) is 5.75 Å². The molecule has 2 aromatic rings. The maximum absolute atomic E-state index is 8.99. The molecule has 9 nitrogen and oxygen atoms in total. The summed E-state index contributed by atoms with van der Waals surface area (Å²) in [7, 11) is 0. The molecule has 26 heavy (non-hydrogen) atoms. The normalized spacial score (nSPS) is 14.4. The minimum Gasteiger partial charge on any atom is -0.453 e. The largest absolute Gasteiger partial charge is 0.453 e. The fourth-order valence-corrected chi connectivity index (χ4v) is 2.87. The first-order chi connectivity index (χ1) is 12.7. The van der Waals surface area contributed by atoms with E-state index in [4.69, 9.17) is 21.4 Å². The second-order valence-corrected chi connectivity index (χ2v) is 6.11. The number of hydrogen-bond donors (Lipinski definition) is 4. The molecule has 0 unspecified atom stereocenters. The number of thioether (sulfide) groups is 1. The molecule has 0 aromatic carbocycles. The molecule has 2 aromatic heterocycles. The van der Waals surface area contributed by atoms with Crippen LogP contribution in [0, 0.1) is 11.3 Å². The average Bonchev–Trinajstić information content (AvgIpc) is 3.27. The molecule has 0 bridgehead atoms. The van der Waals surface area contributed by atoms with E-state index in [1.54, 1.807) is 6.08 Å². The summed E-state index contributed by atoms with van der Waals surface area (Å²) in [5.74, 6) is 13.1. The van der Waals surface area contributed by atoms with Gasteiger partial charge in [0.15, 0.2) is 11.6 Å². The monoisotopic (exact) mass is 368 g/mol. The van der Waals surface area contributed by atoms with E-state index < -0.39 is 0 Å². The van der Waals surface area contributed by atoms with E-state index in [1.807, 2.05) is 30.4 Å². The van der Waals surface area contributed by atoms with Crippen LogP contribution in [0.3, 0.4) is 0 Å². The van der Waals surface area contributed by atoms with E-state index in [9.17, 15) is 0 Å². The smallest absolute Gasteiger partial charge is 0.209 e. The number of nitrogens with one attached hydrogen (secondary N) is 2. The number of nitrogens with zero attached hydrogens (tertiary/aromatic N) is 4. The minimum atomic E-state index is 0.416. The molecule has 0 fully saturated rings. The SMILES string of the molecule is N#CC1=CC=CC(c2ccc(-c3nc(SC/C(=N/N)NN)n[nH]3)o2)=CC1. The van der Waals surface area contributed by atoms with Crippen LogP contribution >= 0.6 is 11.8 Å². The lowest BCUT2D eigenvalue weighted by molar-refractivity contribution is 0.564. The number of hydrazone groups is 1. The molecule has 0 radical (unpaired) electrons. The third kappa shape index (κ3) is 4.02. The van der Waals surface area contributed by atoms with Crippen molar-refractivity contribution >= 4 is 23.2 Å². The van der Waals surface area contributed by atoms with Gasteiger partial charge in [0, 0.05) is 17.6 Å². The molecule has 6 N–H and O–H groups in total. The molecule has 3 rings (SSSR count). The molecule has 0 saturated heterocycles. The Morgan fingerprint density at radius 3 is 3.08 bits per heavy atom. The summed E-state index contributed by atoms with van der Waals surface area (Å²) in [6.45, 7) is 0. The minimum absolute atomic E-state index is 0.416. The van der Waals surface area contributed by atoms with Crippen molar-refractivity contribution in [3.63, 3.8) is 0 Å². The first-order valence-corrected chi connectivity index (χ1v) is 8.58. The molecule has 10 heteroatoms. The van der Waals surface area contributed by atoms with Crippen molar-refractivity contribution in [2.24, 2.45) is 16.8 Å².